The molecular weight excluding hydrogens is 625 g/mol. The van der Waals surface area contributed by atoms with Gasteiger partial charge in [-0.15, -0.1) is 11.3 Å². The molecule has 2 rings (SSSR count). The van der Waals surface area contributed by atoms with E-state index in [1.807, 2.05) is 6.07 Å². The lowest BCUT2D eigenvalue weighted by molar-refractivity contribution is -0.287. The molecule has 0 aliphatic carbocycles. The van der Waals surface area contributed by atoms with Gasteiger partial charge in [0.05, 0.1) is 35.5 Å². The molecule has 1 amide bonds. The molecule has 0 bridgehead atoms. The van der Waals surface area contributed by atoms with Gasteiger partial charge in [0.25, 0.3) is 0 Å². The van der Waals surface area contributed by atoms with Crippen LogP contribution in [0.25, 0.3) is 0 Å². The van der Waals surface area contributed by atoms with E-state index in [0.29, 0.717) is 11.0 Å². The average molecular weight is 656 g/mol. The van der Waals surface area contributed by atoms with Crippen molar-refractivity contribution in [1.29, 1.82) is 5.26 Å². The largest absolute Gasteiger partial charge is 0.471 e. The highest BCUT2D eigenvalue weighted by Gasteiger charge is 2.60. The number of hydrogen-bond donors (Lipinski definition) is 0. The summed E-state index contributed by atoms with van der Waals surface area (Å²) >= 11 is -0.119. The minimum absolute atomic E-state index is 0.119. The Morgan fingerprint density at radius 1 is 1.07 bits per heavy atom. The number of carbonyl (C=O) groups is 2. The highest BCUT2D eigenvalue weighted by atomic mass is 32.2. The van der Waals surface area contributed by atoms with Gasteiger partial charge in [-0.1, -0.05) is 6.92 Å². The highest BCUT2D eigenvalue weighted by molar-refractivity contribution is 7.91. The van der Waals surface area contributed by atoms with Crippen LogP contribution in [-0.4, -0.2) is 55.2 Å². The second kappa shape index (κ2) is 12.6. The number of aromatic nitrogens is 1. The van der Waals surface area contributed by atoms with Gasteiger partial charge in [-0.2, -0.15) is 27.2 Å². The molecule has 43 heavy (non-hydrogen) atoms. The van der Waals surface area contributed by atoms with Crippen LogP contribution < -0.4 is 9.64 Å². The molecule has 10 nitrogen and oxygen atoms in total. The first-order chi connectivity index (χ1) is 19.5. The van der Waals surface area contributed by atoms with E-state index in [1.165, 1.54) is 48.5 Å². The summed E-state index contributed by atoms with van der Waals surface area (Å²) in [5.41, 5.74) is -3.31. The van der Waals surface area contributed by atoms with Crippen molar-refractivity contribution in [3.8, 4) is 11.8 Å². The fourth-order valence-corrected chi connectivity index (χ4v) is 5.47. The number of nitrogens with zero attached hydrogens (tertiary/aromatic N) is 3. The van der Waals surface area contributed by atoms with E-state index in [1.54, 1.807) is 0 Å². The van der Waals surface area contributed by atoms with E-state index in [0.717, 1.165) is 12.3 Å². The van der Waals surface area contributed by atoms with Crippen LogP contribution in [0, 0.1) is 11.3 Å². The summed E-state index contributed by atoms with van der Waals surface area (Å²) in [7, 11) is -4.23. The molecule has 0 aliphatic heterocycles. The zero-order valence-corrected chi connectivity index (χ0v) is 25.9. The molecule has 0 atom stereocenters. The lowest BCUT2D eigenvalue weighted by Gasteiger charge is -2.28. The number of ether oxygens (including phenoxy) is 3. The van der Waals surface area contributed by atoms with Crippen molar-refractivity contribution in [3.05, 3.63) is 33.6 Å². The number of carbonyl (C=O) groups excluding carboxylic acids is 2. The molecule has 2 aromatic heterocycles. The van der Waals surface area contributed by atoms with Crippen LogP contribution >= 0.6 is 11.3 Å². The van der Waals surface area contributed by atoms with Crippen LogP contribution in [0.1, 0.15) is 68.6 Å². The molecule has 0 saturated carbocycles. The normalized spacial score (nSPS) is 12.8. The average Bonchev–Trinajstić information content (AvgIpc) is 3.30. The number of alkyl halides is 5. The SMILES string of the molecule is CCOC(=O)c1cc(C(F)(F)C(F)(F)F)sc1CN(C(=O)OC(C)(C)C)c1ncc(OC(C)(C)C#N)cc1S(=O)(=O)CC. The van der Waals surface area contributed by atoms with Gasteiger partial charge >= 0.3 is 24.2 Å². The summed E-state index contributed by atoms with van der Waals surface area (Å²) in [6, 6.07) is 3.16. The predicted molar refractivity (Wildman–Crippen MR) is 145 cm³/mol. The van der Waals surface area contributed by atoms with Gasteiger partial charge in [0.1, 0.15) is 22.3 Å². The number of thiophene rings is 1. The summed E-state index contributed by atoms with van der Waals surface area (Å²) < 4.78 is 110. The molecular formula is C26H30F5N3O7S2. The van der Waals surface area contributed by atoms with Crippen LogP contribution in [-0.2, 0) is 31.8 Å². The number of anilines is 1. The summed E-state index contributed by atoms with van der Waals surface area (Å²) in [6.07, 6.45) is -6.28. The second-order valence-electron chi connectivity index (χ2n) is 10.4. The van der Waals surface area contributed by atoms with Crippen molar-refractivity contribution in [3.63, 3.8) is 0 Å². The third kappa shape index (κ3) is 8.53. The zero-order chi connectivity index (χ0) is 33.2. The van der Waals surface area contributed by atoms with Gasteiger partial charge in [0.15, 0.2) is 21.3 Å². The van der Waals surface area contributed by atoms with E-state index < -0.39 is 83.5 Å². The minimum Gasteiger partial charge on any atom is -0.471 e. The zero-order valence-electron chi connectivity index (χ0n) is 24.3. The first-order valence-electron chi connectivity index (χ1n) is 12.6. The second-order valence-corrected chi connectivity index (χ2v) is 13.8. The molecule has 0 spiro atoms. The number of halogens is 5. The summed E-state index contributed by atoms with van der Waals surface area (Å²) in [6.45, 7) is 8.70. The molecule has 0 N–H and O–H groups in total. The summed E-state index contributed by atoms with van der Waals surface area (Å²) in [5, 5.41) is 9.29. The van der Waals surface area contributed by atoms with Gasteiger partial charge in [0.2, 0.25) is 0 Å². The monoisotopic (exact) mass is 655 g/mol. The van der Waals surface area contributed by atoms with Crippen molar-refractivity contribution in [2.45, 2.75) is 83.2 Å². The van der Waals surface area contributed by atoms with Gasteiger partial charge < -0.3 is 14.2 Å². The van der Waals surface area contributed by atoms with Crippen LogP contribution in [0.15, 0.2) is 23.2 Å². The third-order valence-electron chi connectivity index (χ3n) is 5.31. The Hall–Kier alpha value is -3.52. The predicted octanol–water partition coefficient (Wildman–Crippen LogP) is 6.39. The van der Waals surface area contributed by atoms with Crippen molar-refractivity contribution < 1.29 is 54.2 Å². The molecule has 2 heterocycles. The Morgan fingerprint density at radius 2 is 1.67 bits per heavy atom. The van der Waals surface area contributed by atoms with Crippen molar-refractivity contribution in [2.24, 2.45) is 0 Å². The van der Waals surface area contributed by atoms with Crippen molar-refractivity contribution >= 4 is 39.1 Å². The van der Waals surface area contributed by atoms with Gasteiger partial charge in [-0.05, 0) is 47.6 Å². The van der Waals surface area contributed by atoms with Crippen molar-refractivity contribution in [1.82, 2.24) is 4.98 Å². The van der Waals surface area contributed by atoms with Crippen LogP contribution in [0.2, 0.25) is 0 Å². The van der Waals surface area contributed by atoms with E-state index in [4.69, 9.17) is 14.2 Å². The quantitative estimate of drug-likeness (QED) is 0.211. The Kier molecular flexibility index (Phi) is 10.5. The van der Waals surface area contributed by atoms with Crippen LogP contribution in [0.3, 0.4) is 0 Å². The highest BCUT2D eigenvalue weighted by Crippen LogP contribution is 2.47. The smallest absolute Gasteiger partial charge is 0.458 e. The Balaban J connectivity index is 2.87. The molecule has 0 saturated heterocycles. The third-order valence-corrected chi connectivity index (χ3v) is 8.23. The number of sulfone groups is 1. The molecule has 0 radical (unpaired) electrons. The molecule has 0 unspecified atom stereocenters. The Bertz CT molecular complexity index is 1510. The van der Waals surface area contributed by atoms with Crippen molar-refractivity contribution in [2.75, 3.05) is 17.3 Å². The molecule has 0 fully saturated rings. The molecule has 0 aromatic carbocycles. The van der Waals surface area contributed by atoms with Crippen LogP contribution in [0.5, 0.6) is 5.75 Å². The maximum Gasteiger partial charge on any atom is 0.458 e. The number of amides is 1. The minimum atomic E-state index is -6.01. The maximum atomic E-state index is 14.3. The molecule has 17 heteroatoms. The lowest BCUT2D eigenvalue weighted by atomic mass is 10.2. The van der Waals surface area contributed by atoms with E-state index in [-0.39, 0.29) is 23.7 Å². The molecule has 0 aliphatic rings. The fourth-order valence-electron chi connectivity index (χ4n) is 3.29. The Morgan fingerprint density at radius 3 is 2.16 bits per heavy atom. The summed E-state index contributed by atoms with van der Waals surface area (Å²) in [5.74, 6) is -7.90. The van der Waals surface area contributed by atoms with E-state index >= 15 is 0 Å². The number of esters is 1. The Labute approximate surface area is 249 Å². The number of pyridine rings is 1. The molecule has 238 valence electrons. The maximum absolute atomic E-state index is 14.3. The number of rotatable bonds is 10. The first-order valence-corrected chi connectivity index (χ1v) is 15.0. The first kappa shape index (κ1) is 35.7. The number of nitriles is 1. The van der Waals surface area contributed by atoms with E-state index in [9.17, 15) is 45.2 Å². The van der Waals surface area contributed by atoms with Gasteiger partial charge in [0, 0.05) is 10.9 Å². The van der Waals surface area contributed by atoms with Gasteiger partial charge in [-0.3, -0.25) is 4.90 Å². The summed E-state index contributed by atoms with van der Waals surface area (Å²) in [4.78, 5) is 28.0. The van der Waals surface area contributed by atoms with Gasteiger partial charge in [-0.25, -0.2) is 23.0 Å². The van der Waals surface area contributed by atoms with E-state index in [2.05, 4.69) is 4.98 Å². The topological polar surface area (TPSA) is 136 Å². The lowest BCUT2D eigenvalue weighted by Crippen LogP contribution is -2.38. The molecule has 2 aromatic rings. The standard InChI is InChI=1S/C26H30F5N3O7S2/c1-8-39-21(35)16-11-19(25(27,28)26(29,30)31)42-17(16)13-34(22(36)41-23(3,4)5)20-18(43(37,38)9-2)10-15(12-33-20)40-24(6,7)14-32/h10-12H,8-9,13H2,1-7H3. The fraction of sp³-hybridized carbons (Fsp3) is 0.538. The van der Waals surface area contributed by atoms with Crippen LogP contribution in [0.4, 0.5) is 32.6 Å². The number of hydrogen-bond acceptors (Lipinski definition) is 10.